The summed E-state index contributed by atoms with van der Waals surface area (Å²) in [6, 6.07) is 5.56. The quantitative estimate of drug-likeness (QED) is 0.843. The zero-order valence-corrected chi connectivity index (χ0v) is 15.1. The molecule has 0 aliphatic carbocycles. The Balaban J connectivity index is 2.16. The van der Waals surface area contributed by atoms with Crippen molar-refractivity contribution in [1.82, 2.24) is 4.90 Å². The van der Waals surface area contributed by atoms with Gasteiger partial charge in [0.25, 0.3) is 0 Å². The van der Waals surface area contributed by atoms with Gasteiger partial charge in [0.05, 0.1) is 5.56 Å². The SMILES string of the molecule is CC(C)(C)OC(=O)N1CC(Sc2ccccc2C(=O)O)CC1C(=O)O. The van der Waals surface area contributed by atoms with E-state index >= 15 is 0 Å². The Bertz CT molecular complexity index is 684. The van der Waals surface area contributed by atoms with Crippen molar-refractivity contribution in [2.45, 2.75) is 49.0 Å². The lowest BCUT2D eigenvalue weighted by Gasteiger charge is -2.26. The summed E-state index contributed by atoms with van der Waals surface area (Å²) in [5.74, 6) is -2.14. The Hall–Kier alpha value is -2.22. The molecule has 0 aromatic heterocycles. The van der Waals surface area contributed by atoms with Crippen molar-refractivity contribution < 1.29 is 29.3 Å². The van der Waals surface area contributed by atoms with E-state index in [-0.39, 0.29) is 23.8 Å². The largest absolute Gasteiger partial charge is 0.480 e. The van der Waals surface area contributed by atoms with Crippen LogP contribution in [0.2, 0.25) is 0 Å². The van der Waals surface area contributed by atoms with E-state index in [1.165, 1.54) is 22.7 Å². The Morgan fingerprint density at radius 3 is 2.40 bits per heavy atom. The molecule has 8 heteroatoms. The number of carbonyl (C=O) groups excluding carboxylic acids is 1. The molecule has 1 saturated heterocycles. The fraction of sp³-hybridized carbons (Fsp3) is 0.471. The van der Waals surface area contributed by atoms with E-state index in [2.05, 4.69) is 0 Å². The van der Waals surface area contributed by atoms with Gasteiger partial charge in [0.1, 0.15) is 11.6 Å². The van der Waals surface area contributed by atoms with Crippen LogP contribution in [0.1, 0.15) is 37.6 Å². The summed E-state index contributed by atoms with van der Waals surface area (Å²) < 4.78 is 5.28. The molecule has 2 atom stereocenters. The average Bonchev–Trinajstić information content (AvgIpc) is 2.90. The summed E-state index contributed by atoms with van der Waals surface area (Å²) >= 11 is 1.27. The maximum absolute atomic E-state index is 12.3. The van der Waals surface area contributed by atoms with E-state index in [9.17, 15) is 24.6 Å². The first-order chi connectivity index (χ1) is 11.6. The van der Waals surface area contributed by atoms with Gasteiger partial charge in [0.15, 0.2) is 0 Å². The van der Waals surface area contributed by atoms with Crippen molar-refractivity contribution in [2.75, 3.05) is 6.54 Å². The van der Waals surface area contributed by atoms with E-state index in [4.69, 9.17) is 4.74 Å². The first-order valence-corrected chi connectivity index (χ1v) is 8.68. The van der Waals surface area contributed by atoms with Gasteiger partial charge < -0.3 is 14.9 Å². The molecule has 0 saturated carbocycles. The monoisotopic (exact) mass is 367 g/mol. The number of carbonyl (C=O) groups is 3. The number of thioether (sulfide) groups is 1. The molecule has 1 fully saturated rings. The molecule has 0 spiro atoms. The van der Waals surface area contributed by atoms with Gasteiger partial charge in [0.2, 0.25) is 0 Å². The highest BCUT2D eigenvalue weighted by Gasteiger charge is 2.42. The van der Waals surface area contributed by atoms with Crippen LogP contribution in [-0.4, -0.2) is 56.6 Å². The maximum atomic E-state index is 12.3. The van der Waals surface area contributed by atoms with Crippen molar-refractivity contribution in [1.29, 1.82) is 0 Å². The molecule has 1 amide bonds. The standard InChI is InChI=1S/C17H21NO6S/c1-17(2,3)24-16(23)18-9-10(8-12(18)15(21)22)25-13-7-5-4-6-11(13)14(19)20/h4-7,10,12H,8-9H2,1-3H3,(H,19,20)(H,21,22). The Labute approximate surface area is 150 Å². The molecule has 1 heterocycles. The van der Waals surface area contributed by atoms with Crippen LogP contribution in [0, 0.1) is 0 Å². The number of rotatable bonds is 4. The Kier molecular flexibility index (Phi) is 5.62. The van der Waals surface area contributed by atoms with E-state index < -0.39 is 29.7 Å². The third-order valence-corrected chi connectivity index (χ3v) is 4.87. The molecule has 1 aromatic rings. The van der Waals surface area contributed by atoms with Gasteiger partial charge in [-0.05, 0) is 39.3 Å². The first-order valence-electron chi connectivity index (χ1n) is 7.80. The third kappa shape index (κ3) is 4.88. The van der Waals surface area contributed by atoms with Crippen LogP contribution in [-0.2, 0) is 9.53 Å². The van der Waals surface area contributed by atoms with E-state index in [1.54, 1.807) is 39.0 Å². The molecule has 1 aliphatic heterocycles. The van der Waals surface area contributed by atoms with Gasteiger partial charge in [-0.15, -0.1) is 11.8 Å². The second kappa shape index (κ2) is 7.35. The second-order valence-corrected chi connectivity index (χ2v) is 8.11. The summed E-state index contributed by atoms with van der Waals surface area (Å²) in [6.45, 7) is 5.33. The van der Waals surface area contributed by atoms with E-state index in [0.717, 1.165) is 0 Å². The third-order valence-electron chi connectivity index (χ3n) is 3.59. The molecule has 1 aromatic carbocycles. The second-order valence-electron chi connectivity index (χ2n) is 6.76. The van der Waals surface area contributed by atoms with Gasteiger partial charge in [-0.25, -0.2) is 14.4 Å². The molecule has 2 unspecified atom stereocenters. The van der Waals surface area contributed by atoms with Gasteiger partial charge in [0, 0.05) is 16.7 Å². The van der Waals surface area contributed by atoms with Crippen LogP contribution >= 0.6 is 11.8 Å². The fourth-order valence-corrected chi connectivity index (χ4v) is 3.88. The van der Waals surface area contributed by atoms with Gasteiger partial charge in [-0.3, -0.25) is 4.90 Å². The Morgan fingerprint density at radius 2 is 1.84 bits per heavy atom. The Morgan fingerprint density at radius 1 is 1.20 bits per heavy atom. The van der Waals surface area contributed by atoms with Crippen LogP contribution < -0.4 is 0 Å². The topological polar surface area (TPSA) is 104 Å². The lowest BCUT2D eigenvalue weighted by molar-refractivity contribution is -0.142. The molecule has 136 valence electrons. The molecule has 0 bridgehead atoms. The number of ether oxygens (including phenoxy) is 1. The number of likely N-dealkylation sites (tertiary alicyclic amines) is 1. The van der Waals surface area contributed by atoms with Crippen molar-refractivity contribution in [2.24, 2.45) is 0 Å². The number of aliphatic carboxylic acids is 1. The minimum atomic E-state index is -1.10. The van der Waals surface area contributed by atoms with Crippen LogP contribution in [0.4, 0.5) is 4.79 Å². The molecular weight excluding hydrogens is 346 g/mol. The molecule has 25 heavy (non-hydrogen) atoms. The van der Waals surface area contributed by atoms with Gasteiger partial charge in [-0.1, -0.05) is 12.1 Å². The molecule has 7 nitrogen and oxygen atoms in total. The summed E-state index contributed by atoms with van der Waals surface area (Å²) in [6.07, 6.45) is -0.442. The lowest BCUT2D eigenvalue weighted by atomic mass is 10.2. The lowest BCUT2D eigenvalue weighted by Crippen LogP contribution is -2.43. The average molecular weight is 367 g/mol. The highest BCUT2D eigenvalue weighted by atomic mass is 32.2. The van der Waals surface area contributed by atoms with Crippen molar-refractivity contribution in [3.05, 3.63) is 29.8 Å². The van der Waals surface area contributed by atoms with Crippen molar-refractivity contribution in [3.8, 4) is 0 Å². The summed E-state index contributed by atoms with van der Waals surface area (Å²) in [5, 5.41) is 18.4. The minimum absolute atomic E-state index is 0.162. The predicted molar refractivity (Wildman–Crippen MR) is 92.0 cm³/mol. The first kappa shape index (κ1) is 19.1. The number of carboxylic acids is 2. The van der Waals surface area contributed by atoms with Crippen molar-refractivity contribution in [3.63, 3.8) is 0 Å². The molecular formula is C17H21NO6S. The van der Waals surface area contributed by atoms with Crippen LogP contribution in [0.15, 0.2) is 29.2 Å². The fourth-order valence-electron chi connectivity index (χ4n) is 2.56. The summed E-state index contributed by atoms with van der Waals surface area (Å²) in [5.41, 5.74) is -0.559. The molecule has 2 N–H and O–H groups in total. The van der Waals surface area contributed by atoms with Crippen LogP contribution in [0.5, 0.6) is 0 Å². The summed E-state index contributed by atoms with van der Waals surface area (Å²) in [4.78, 5) is 36.8. The van der Waals surface area contributed by atoms with Gasteiger partial charge in [-0.2, -0.15) is 0 Å². The highest BCUT2D eigenvalue weighted by molar-refractivity contribution is 8.00. The number of amides is 1. The zero-order valence-electron chi connectivity index (χ0n) is 14.3. The number of benzene rings is 1. The van der Waals surface area contributed by atoms with E-state index in [0.29, 0.717) is 4.90 Å². The number of nitrogens with zero attached hydrogens (tertiary/aromatic N) is 1. The molecule has 2 rings (SSSR count). The predicted octanol–water partition coefficient (Wildman–Crippen LogP) is 2.94. The number of carboxylic acid groups (broad SMARTS) is 2. The smallest absolute Gasteiger partial charge is 0.411 e. The normalized spacial score (nSPS) is 20.4. The summed E-state index contributed by atoms with van der Waals surface area (Å²) in [7, 11) is 0. The number of hydrogen-bond donors (Lipinski definition) is 2. The molecule has 1 aliphatic rings. The van der Waals surface area contributed by atoms with Crippen LogP contribution in [0.3, 0.4) is 0 Å². The number of aromatic carboxylic acids is 1. The van der Waals surface area contributed by atoms with Crippen LogP contribution in [0.25, 0.3) is 0 Å². The van der Waals surface area contributed by atoms with E-state index in [1.807, 2.05) is 0 Å². The maximum Gasteiger partial charge on any atom is 0.411 e. The number of hydrogen-bond acceptors (Lipinski definition) is 5. The minimum Gasteiger partial charge on any atom is -0.480 e. The highest BCUT2D eigenvalue weighted by Crippen LogP contribution is 2.35. The zero-order chi connectivity index (χ0) is 18.8. The van der Waals surface area contributed by atoms with Gasteiger partial charge >= 0.3 is 18.0 Å². The van der Waals surface area contributed by atoms with Crippen molar-refractivity contribution >= 4 is 29.8 Å². The molecule has 0 radical (unpaired) electrons.